The van der Waals surface area contributed by atoms with E-state index in [1.807, 2.05) is 6.92 Å². The first-order valence-electron chi connectivity index (χ1n) is 5.51. The lowest BCUT2D eigenvalue weighted by Crippen LogP contribution is -2.40. The maximum absolute atomic E-state index is 12.0. The molecule has 96 valence electrons. The fraction of sp³-hybridized carbons (Fsp3) is 0.500. The van der Waals surface area contributed by atoms with Crippen molar-refractivity contribution < 1.29 is 8.42 Å². The number of nitrogens with one attached hydrogen (secondary N) is 1. The minimum atomic E-state index is -3.45. The number of sulfonamides is 1. The SMILES string of the molecule is CC(N)c1ccc(S(=O)(=O)NC(C)(C)C)cc1. The van der Waals surface area contributed by atoms with Crippen LogP contribution in [-0.2, 0) is 10.0 Å². The summed E-state index contributed by atoms with van der Waals surface area (Å²) in [5.74, 6) is 0. The predicted octanol–water partition coefficient (Wildman–Crippen LogP) is 1.78. The van der Waals surface area contributed by atoms with Crippen molar-refractivity contribution in [2.75, 3.05) is 0 Å². The molecule has 0 bridgehead atoms. The second-order valence-electron chi connectivity index (χ2n) is 5.21. The van der Waals surface area contributed by atoms with E-state index in [1.54, 1.807) is 45.0 Å². The smallest absolute Gasteiger partial charge is 0.241 e. The molecule has 5 heteroatoms. The summed E-state index contributed by atoms with van der Waals surface area (Å²) < 4.78 is 26.6. The summed E-state index contributed by atoms with van der Waals surface area (Å²) in [6.07, 6.45) is 0. The van der Waals surface area contributed by atoms with E-state index in [0.717, 1.165) is 5.56 Å². The maximum Gasteiger partial charge on any atom is 0.241 e. The van der Waals surface area contributed by atoms with Crippen molar-refractivity contribution in [2.45, 2.75) is 44.2 Å². The summed E-state index contributed by atoms with van der Waals surface area (Å²) in [4.78, 5) is 0.261. The van der Waals surface area contributed by atoms with Gasteiger partial charge in [-0.05, 0) is 45.4 Å². The van der Waals surface area contributed by atoms with Gasteiger partial charge in [0.1, 0.15) is 0 Å². The van der Waals surface area contributed by atoms with Crippen LogP contribution in [0, 0.1) is 0 Å². The van der Waals surface area contributed by atoms with Crippen molar-refractivity contribution in [1.82, 2.24) is 4.72 Å². The molecular weight excluding hydrogens is 236 g/mol. The number of benzene rings is 1. The van der Waals surface area contributed by atoms with Crippen LogP contribution < -0.4 is 10.5 Å². The summed E-state index contributed by atoms with van der Waals surface area (Å²) in [5.41, 5.74) is 6.14. The summed E-state index contributed by atoms with van der Waals surface area (Å²) in [6.45, 7) is 7.28. The average molecular weight is 256 g/mol. The topological polar surface area (TPSA) is 72.2 Å². The first kappa shape index (κ1) is 14.2. The first-order chi connectivity index (χ1) is 7.62. The Labute approximate surface area is 103 Å². The molecule has 4 nitrogen and oxygen atoms in total. The largest absolute Gasteiger partial charge is 0.324 e. The maximum atomic E-state index is 12.0. The number of nitrogens with two attached hydrogens (primary N) is 1. The molecule has 0 heterocycles. The fourth-order valence-electron chi connectivity index (χ4n) is 1.41. The first-order valence-corrected chi connectivity index (χ1v) is 7.00. The molecule has 1 unspecified atom stereocenters. The minimum Gasteiger partial charge on any atom is -0.324 e. The highest BCUT2D eigenvalue weighted by molar-refractivity contribution is 7.89. The zero-order valence-corrected chi connectivity index (χ0v) is 11.5. The van der Waals surface area contributed by atoms with Crippen LogP contribution in [0.25, 0.3) is 0 Å². The molecule has 0 aliphatic carbocycles. The molecule has 0 aliphatic rings. The molecule has 0 radical (unpaired) electrons. The van der Waals surface area contributed by atoms with Crippen LogP contribution in [0.4, 0.5) is 0 Å². The molecule has 0 saturated heterocycles. The van der Waals surface area contributed by atoms with Gasteiger partial charge in [0.25, 0.3) is 0 Å². The van der Waals surface area contributed by atoms with E-state index in [-0.39, 0.29) is 10.9 Å². The Bertz CT molecular complexity index is 470. The summed E-state index contributed by atoms with van der Waals surface area (Å²) in [7, 11) is -3.45. The Hall–Kier alpha value is -0.910. The Kier molecular flexibility index (Phi) is 3.96. The average Bonchev–Trinajstić information content (AvgIpc) is 2.14. The van der Waals surface area contributed by atoms with Gasteiger partial charge in [-0.25, -0.2) is 13.1 Å². The van der Waals surface area contributed by atoms with Crippen LogP contribution in [-0.4, -0.2) is 14.0 Å². The van der Waals surface area contributed by atoms with Crippen LogP contribution >= 0.6 is 0 Å². The second kappa shape index (κ2) is 4.76. The number of hydrogen-bond acceptors (Lipinski definition) is 3. The monoisotopic (exact) mass is 256 g/mol. The van der Waals surface area contributed by atoms with E-state index < -0.39 is 15.6 Å². The molecular formula is C12H20N2O2S. The van der Waals surface area contributed by atoms with Gasteiger partial charge in [0.2, 0.25) is 10.0 Å². The number of hydrogen-bond donors (Lipinski definition) is 2. The van der Waals surface area contributed by atoms with Gasteiger partial charge in [0.05, 0.1) is 4.90 Å². The third-order valence-corrected chi connectivity index (χ3v) is 3.93. The van der Waals surface area contributed by atoms with E-state index >= 15 is 0 Å². The van der Waals surface area contributed by atoms with Crippen LogP contribution in [0.3, 0.4) is 0 Å². The molecule has 0 aromatic heterocycles. The molecule has 3 N–H and O–H groups in total. The number of rotatable bonds is 3. The highest BCUT2D eigenvalue weighted by Gasteiger charge is 2.21. The molecule has 0 amide bonds. The lowest BCUT2D eigenvalue weighted by Gasteiger charge is -2.20. The highest BCUT2D eigenvalue weighted by atomic mass is 32.2. The molecule has 0 fully saturated rings. The van der Waals surface area contributed by atoms with Crippen LogP contribution in [0.15, 0.2) is 29.2 Å². The summed E-state index contributed by atoms with van der Waals surface area (Å²) in [5, 5.41) is 0. The van der Waals surface area contributed by atoms with E-state index in [0.29, 0.717) is 0 Å². The van der Waals surface area contributed by atoms with Crippen LogP contribution in [0.2, 0.25) is 0 Å². The van der Waals surface area contributed by atoms with E-state index in [2.05, 4.69) is 4.72 Å². The minimum absolute atomic E-state index is 0.0951. The Balaban J connectivity index is 3.01. The molecule has 1 aromatic carbocycles. The van der Waals surface area contributed by atoms with Gasteiger partial charge < -0.3 is 5.73 Å². The molecule has 17 heavy (non-hydrogen) atoms. The van der Waals surface area contributed by atoms with E-state index in [9.17, 15) is 8.42 Å². The van der Waals surface area contributed by atoms with E-state index in [1.165, 1.54) is 0 Å². The molecule has 1 aromatic rings. The molecule has 1 rings (SSSR count). The van der Waals surface area contributed by atoms with Gasteiger partial charge in [-0.15, -0.1) is 0 Å². The van der Waals surface area contributed by atoms with Crippen molar-refractivity contribution in [3.8, 4) is 0 Å². The Morgan fingerprint density at radius 2 is 1.65 bits per heavy atom. The van der Waals surface area contributed by atoms with Crippen LogP contribution in [0.5, 0.6) is 0 Å². The van der Waals surface area contributed by atoms with Gasteiger partial charge in [-0.2, -0.15) is 0 Å². The normalized spacial score (nSPS) is 14.6. The van der Waals surface area contributed by atoms with Gasteiger partial charge in [0, 0.05) is 11.6 Å². The van der Waals surface area contributed by atoms with Crippen molar-refractivity contribution >= 4 is 10.0 Å². The lowest BCUT2D eigenvalue weighted by molar-refractivity contribution is 0.491. The Morgan fingerprint density at radius 3 is 2.00 bits per heavy atom. The second-order valence-corrected chi connectivity index (χ2v) is 6.90. The highest BCUT2D eigenvalue weighted by Crippen LogP contribution is 2.16. The van der Waals surface area contributed by atoms with Gasteiger partial charge in [-0.3, -0.25) is 0 Å². The fourth-order valence-corrected chi connectivity index (χ4v) is 2.83. The zero-order valence-electron chi connectivity index (χ0n) is 10.7. The zero-order chi connectivity index (χ0) is 13.3. The molecule has 0 aliphatic heterocycles. The lowest BCUT2D eigenvalue weighted by atomic mass is 10.1. The van der Waals surface area contributed by atoms with Gasteiger partial charge >= 0.3 is 0 Å². The summed E-state index contributed by atoms with van der Waals surface area (Å²) in [6, 6.07) is 6.53. The van der Waals surface area contributed by atoms with E-state index in [4.69, 9.17) is 5.73 Å². The third kappa shape index (κ3) is 4.11. The van der Waals surface area contributed by atoms with Crippen LogP contribution in [0.1, 0.15) is 39.3 Å². The van der Waals surface area contributed by atoms with Crippen molar-refractivity contribution in [3.05, 3.63) is 29.8 Å². The van der Waals surface area contributed by atoms with Crippen molar-refractivity contribution in [2.24, 2.45) is 5.73 Å². The van der Waals surface area contributed by atoms with Crippen molar-refractivity contribution in [3.63, 3.8) is 0 Å². The summed E-state index contributed by atoms with van der Waals surface area (Å²) >= 11 is 0. The standard InChI is InChI=1S/C12H20N2O2S/c1-9(13)10-5-7-11(8-6-10)17(15,16)14-12(2,3)4/h5-9,14H,13H2,1-4H3. The molecule has 0 spiro atoms. The molecule has 0 saturated carbocycles. The predicted molar refractivity (Wildman–Crippen MR) is 69.1 cm³/mol. The third-order valence-electron chi connectivity index (χ3n) is 2.16. The van der Waals surface area contributed by atoms with Crippen molar-refractivity contribution in [1.29, 1.82) is 0 Å². The van der Waals surface area contributed by atoms with Gasteiger partial charge in [-0.1, -0.05) is 12.1 Å². The van der Waals surface area contributed by atoms with Gasteiger partial charge in [0.15, 0.2) is 0 Å². The molecule has 1 atom stereocenters. The Morgan fingerprint density at radius 1 is 1.18 bits per heavy atom. The quantitative estimate of drug-likeness (QED) is 0.866.